The minimum atomic E-state index is -0.574. The van der Waals surface area contributed by atoms with Crippen molar-refractivity contribution in [3.05, 3.63) is 88.9 Å². The van der Waals surface area contributed by atoms with Crippen LogP contribution in [0.25, 0.3) is 0 Å². The zero-order valence-electron chi connectivity index (χ0n) is 16.5. The lowest BCUT2D eigenvalue weighted by atomic mass is 10.0. The van der Waals surface area contributed by atoms with Gasteiger partial charge in [0.25, 0.3) is 0 Å². The van der Waals surface area contributed by atoms with Crippen molar-refractivity contribution >= 4 is 23.5 Å². The molecule has 0 bridgehead atoms. The number of allylic oxidation sites excluding steroid dienone is 3. The van der Waals surface area contributed by atoms with Crippen molar-refractivity contribution in [1.29, 1.82) is 0 Å². The first-order valence-corrected chi connectivity index (χ1v) is 10.7. The normalized spacial score (nSPS) is 14.2. The van der Waals surface area contributed by atoms with E-state index in [-0.39, 0.29) is 5.78 Å². The van der Waals surface area contributed by atoms with Crippen LogP contribution in [-0.2, 0) is 4.84 Å². The maximum atomic E-state index is 12.9. The summed E-state index contributed by atoms with van der Waals surface area (Å²) in [5.41, 5.74) is 3.72. The third kappa shape index (κ3) is 6.17. The second-order valence-corrected chi connectivity index (χ2v) is 7.94. The first-order chi connectivity index (χ1) is 14.2. The second kappa shape index (κ2) is 10.8. The summed E-state index contributed by atoms with van der Waals surface area (Å²) in [5, 5.41) is 0. The number of carbonyl (C=O) groups is 2. The van der Waals surface area contributed by atoms with Crippen molar-refractivity contribution in [1.82, 2.24) is 5.48 Å². The van der Waals surface area contributed by atoms with Crippen LogP contribution in [0.5, 0.6) is 0 Å². The molecular formula is C24H25NO3S. The number of rotatable bonds is 9. The van der Waals surface area contributed by atoms with Crippen molar-refractivity contribution in [3.8, 4) is 0 Å². The molecule has 1 aliphatic rings. The number of thioether (sulfide) groups is 1. The number of hydroxylamine groups is 1. The van der Waals surface area contributed by atoms with Gasteiger partial charge in [-0.3, -0.25) is 4.79 Å². The van der Waals surface area contributed by atoms with Gasteiger partial charge in [-0.15, -0.1) is 5.48 Å². The van der Waals surface area contributed by atoms with E-state index in [4.69, 9.17) is 4.84 Å². The highest BCUT2D eigenvalue weighted by atomic mass is 32.2. The molecule has 1 atom stereocenters. The molecular weight excluding hydrogens is 382 g/mol. The van der Waals surface area contributed by atoms with Gasteiger partial charge in [-0.1, -0.05) is 73.7 Å². The Labute approximate surface area is 176 Å². The predicted molar refractivity (Wildman–Crippen MR) is 117 cm³/mol. The van der Waals surface area contributed by atoms with Gasteiger partial charge < -0.3 is 4.84 Å². The Balaban J connectivity index is 1.61. The minimum absolute atomic E-state index is 0.0824. The molecule has 0 spiro atoms. The van der Waals surface area contributed by atoms with Crippen molar-refractivity contribution in [2.24, 2.45) is 0 Å². The van der Waals surface area contributed by atoms with E-state index in [1.807, 2.05) is 37.3 Å². The predicted octanol–water partition coefficient (Wildman–Crippen LogP) is 5.73. The number of hydrogen-bond acceptors (Lipinski definition) is 5. The molecule has 2 aromatic rings. The number of ketones is 1. The van der Waals surface area contributed by atoms with E-state index in [1.54, 1.807) is 36.0 Å². The van der Waals surface area contributed by atoms with Gasteiger partial charge in [0.15, 0.2) is 5.78 Å². The molecule has 5 heteroatoms. The van der Waals surface area contributed by atoms with Gasteiger partial charge in [-0.25, -0.2) is 4.79 Å². The molecule has 0 saturated carbocycles. The molecule has 1 N–H and O–H groups in total. The fourth-order valence-corrected chi connectivity index (χ4v) is 3.89. The quantitative estimate of drug-likeness (QED) is 0.425. The van der Waals surface area contributed by atoms with E-state index < -0.39 is 12.0 Å². The van der Waals surface area contributed by atoms with E-state index in [2.05, 4.69) is 23.7 Å². The van der Waals surface area contributed by atoms with Crippen molar-refractivity contribution < 1.29 is 14.4 Å². The largest absolute Gasteiger partial charge is 0.366 e. The van der Waals surface area contributed by atoms with Crippen LogP contribution in [0, 0.1) is 0 Å². The summed E-state index contributed by atoms with van der Waals surface area (Å²) < 4.78 is 0. The fourth-order valence-electron chi connectivity index (χ4n) is 2.98. The number of Topliss-reactive ketones (excluding diaryl/α,β-unsaturated/α-hetero) is 1. The number of carbonyl (C=O) groups excluding carboxylic acids is 2. The SMILES string of the molecule is CCCC(NOC(=O)c1ccccc1)C(=O)c1ccc(SC2=CCCC=C2)cc1. The van der Waals surface area contributed by atoms with E-state index in [0.717, 1.165) is 24.2 Å². The number of hydrogen-bond donors (Lipinski definition) is 1. The first-order valence-electron chi connectivity index (χ1n) is 9.88. The van der Waals surface area contributed by atoms with Crippen LogP contribution in [0.4, 0.5) is 0 Å². The smallest absolute Gasteiger partial charge is 0.356 e. The van der Waals surface area contributed by atoms with Crippen LogP contribution in [0.15, 0.2) is 82.6 Å². The summed E-state index contributed by atoms with van der Waals surface area (Å²) in [5.74, 6) is -0.582. The minimum Gasteiger partial charge on any atom is -0.366 e. The molecule has 0 radical (unpaired) electrons. The molecule has 2 aromatic carbocycles. The molecule has 0 heterocycles. The molecule has 3 rings (SSSR count). The van der Waals surface area contributed by atoms with Gasteiger partial charge in [0.2, 0.25) is 0 Å². The fraction of sp³-hybridized carbons (Fsp3) is 0.250. The van der Waals surface area contributed by atoms with Crippen molar-refractivity contribution in [3.63, 3.8) is 0 Å². The zero-order valence-corrected chi connectivity index (χ0v) is 17.3. The van der Waals surface area contributed by atoms with Gasteiger partial charge in [-0.2, -0.15) is 0 Å². The maximum absolute atomic E-state index is 12.9. The van der Waals surface area contributed by atoms with Crippen LogP contribution in [-0.4, -0.2) is 17.8 Å². The molecule has 0 fully saturated rings. The maximum Gasteiger partial charge on any atom is 0.356 e. The summed E-state index contributed by atoms with van der Waals surface area (Å²) in [7, 11) is 0. The van der Waals surface area contributed by atoms with E-state index in [9.17, 15) is 9.59 Å². The van der Waals surface area contributed by atoms with E-state index >= 15 is 0 Å². The standard InChI is InChI=1S/C24H25NO3S/c1-2-9-22(25-28-24(27)19-10-5-3-6-11-19)23(26)18-14-16-21(17-15-18)29-20-12-7-4-8-13-20/h3,5-7,10-17,22,25H,2,4,8-9H2,1H3. The average molecular weight is 408 g/mol. The monoisotopic (exact) mass is 407 g/mol. The van der Waals surface area contributed by atoms with Crippen LogP contribution in [0.1, 0.15) is 53.3 Å². The number of nitrogens with one attached hydrogen (secondary N) is 1. The molecule has 1 aliphatic carbocycles. The van der Waals surface area contributed by atoms with Crippen molar-refractivity contribution in [2.75, 3.05) is 0 Å². The van der Waals surface area contributed by atoms with Gasteiger partial charge in [0.05, 0.1) is 5.56 Å². The number of benzene rings is 2. The second-order valence-electron chi connectivity index (χ2n) is 6.79. The highest BCUT2D eigenvalue weighted by Crippen LogP contribution is 2.30. The van der Waals surface area contributed by atoms with E-state index in [0.29, 0.717) is 17.5 Å². The Morgan fingerprint density at radius 2 is 1.79 bits per heavy atom. The van der Waals surface area contributed by atoms with Gasteiger partial charge in [0.1, 0.15) is 6.04 Å². The van der Waals surface area contributed by atoms with Gasteiger partial charge >= 0.3 is 5.97 Å². The Morgan fingerprint density at radius 3 is 2.45 bits per heavy atom. The molecule has 1 unspecified atom stereocenters. The Bertz CT molecular complexity index is 888. The first kappa shape index (κ1) is 21.1. The molecule has 150 valence electrons. The van der Waals surface area contributed by atoms with Crippen LogP contribution in [0.2, 0.25) is 0 Å². The molecule has 0 amide bonds. The van der Waals surface area contributed by atoms with Crippen LogP contribution >= 0.6 is 11.8 Å². The van der Waals surface area contributed by atoms with E-state index in [1.165, 1.54) is 4.91 Å². The van der Waals surface area contributed by atoms with Gasteiger partial charge in [0, 0.05) is 15.4 Å². The van der Waals surface area contributed by atoms with Crippen LogP contribution in [0.3, 0.4) is 0 Å². The lowest BCUT2D eigenvalue weighted by molar-refractivity contribution is 0.0154. The van der Waals surface area contributed by atoms with Gasteiger partial charge in [-0.05, 0) is 43.5 Å². The average Bonchev–Trinajstić information content (AvgIpc) is 2.78. The van der Waals surface area contributed by atoms with Crippen LogP contribution < -0.4 is 5.48 Å². The summed E-state index contributed by atoms with van der Waals surface area (Å²) >= 11 is 1.69. The van der Waals surface area contributed by atoms with Crippen molar-refractivity contribution in [2.45, 2.75) is 43.5 Å². The topological polar surface area (TPSA) is 55.4 Å². The third-order valence-electron chi connectivity index (χ3n) is 4.53. The Morgan fingerprint density at radius 1 is 1.03 bits per heavy atom. The zero-order chi connectivity index (χ0) is 20.5. The Kier molecular flexibility index (Phi) is 7.85. The summed E-state index contributed by atoms with van der Waals surface area (Å²) in [6.07, 6.45) is 10.1. The highest BCUT2D eigenvalue weighted by Gasteiger charge is 2.21. The third-order valence-corrected chi connectivity index (χ3v) is 5.58. The lowest BCUT2D eigenvalue weighted by Gasteiger charge is -2.16. The Hall–Kier alpha value is -2.63. The molecule has 29 heavy (non-hydrogen) atoms. The molecule has 0 aromatic heterocycles. The summed E-state index contributed by atoms with van der Waals surface area (Å²) in [4.78, 5) is 32.5. The molecule has 0 aliphatic heterocycles. The summed E-state index contributed by atoms with van der Waals surface area (Å²) in [6, 6.07) is 15.7. The lowest BCUT2D eigenvalue weighted by Crippen LogP contribution is -2.38. The highest BCUT2D eigenvalue weighted by molar-refractivity contribution is 8.03. The summed E-state index contributed by atoms with van der Waals surface area (Å²) in [6.45, 7) is 1.99. The molecule has 0 saturated heterocycles. The molecule has 4 nitrogen and oxygen atoms in total.